The Morgan fingerprint density at radius 1 is 1.32 bits per heavy atom. The summed E-state index contributed by atoms with van der Waals surface area (Å²) < 4.78 is 36.9. The molecule has 0 spiro atoms. The van der Waals surface area contributed by atoms with Gasteiger partial charge in [-0.05, 0) is 24.5 Å². The molecule has 104 valence electrons. The van der Waals surface area contributed by atoms with Crippen LogP contribution < -0.4 is 5.73 Å². The second kappa shape index (κ2) is 5.11. The third-order valence-corrected chi connectivity index (χ3v) is 3.06. The molecule has 0 unspecified atom stereocenters. The van der Waals surface area contributed by atoms with E-state index in [1.54, 1.807) is 24.3 Å². The third-order valence-electron chi connectivity index (χ3n) is 3.06. The van der Waals surface area contributed by atoms with Crippen molar-refractivity contribution in [2.24, 2.45) is 0 Å². The fourth-order valence-corrected chi connectivity index (χ4v) is 1.94. The van der Waals surface area contributed by atoms with Gasteiger partial charge in [-0.25, -0.2) is 0 Å². The summed E-state index contributed by atoms with van der Waals surface area (Å²) in [5, 5.41) is 0. The summed E-state index contributed by atoms with van der Waals surface area (Å²) >= 11 is 0. The predicted molar refractivity (Wildman–Crippen MR) is 65.1 cm³/mol. The molecule has 1 aromatic rings. The van der Waals surface area contributed by atoms with Crippen molar-refractivity contribution in [3.05, 3.63) is 29.8 Å². The van der Waals surface area contributed by atoms with Gasteiger partial charge in [-0.2, -0.15) is 13.2 Å². The lowest BCUT2D eigenvalue weighted by Crippen LogP contribution is -2.35. The zero-order valence-corrected chi connectivity index (χ0v) is 10.3. The van der Waals surface area contributed by atoms with E-state index in [1.165, 1.54) is 4.90 Å². The van der Waals surface area contributed by atoms with Crippen LogP contribution in [-0.4, -0.2) is 23.0 Å². The molecule has 2 rings (SSSR count). The van der Waals surface area contributed by atoms with Gasteiger partial charge in [0.1, 0.15) is 6.42 Å². The molecule has 1 aliphatic rings. The highest BCUT2D eigenvalue weighted by Crippen LogP contribution is 2.32. The van der Waals surface area contributed by atoms with E-state index in [0.29, 0.717) is 11.3 Å². The summed E-state index contributed by atoms with van der Waals surface area (Å²) in [4.78, 5) is 13.0. The summed E-state index contributed by atoms with van der Waals surface area (Å²) in [6.07, 6.45) is -4.35. The van der Waals surface area contributed by atoms with Crippen LogP contribution >= 0.6 is 0 Å². The Morgan fingerprint density at radius 2 is 1.95 bits per heavy atom. The van der Waals surface area contributed by atoms with Crippen LogP contribution in [0.1, 0.15) is 24.8 Å². The third kappa shape index (κ3) is 3.87. The SMILES string of the molecule is Nc1ccccc1CN(C(=O)CC(F)(F)F)C1CC1. The summed E-state index contributed by atoms with van der Waals surface area (Å²) in [7, 11) is 0. The van der Waals surface area contributed by atoms with E-state index in [0.717, 1.165) is 12.8 Å². The number of amides is 1. The van der Waals surface area contributed by atoms with Gasteiger partial charge in [0.2, 0.25) is 5.91 Å². The minimum atomic E-state index is -4.47. The van der Waals surface area contributed by atoms with E-state index in [-0.39, 0.29) is 12.6 Å². The minimum Gasteiger partial charge on any atom is -0.398 e. The molecule has 1 amide bonds. The number of hydrogen-bond acceptors (Lipinski definition) is 2. The average Bonchev–Trinajstić information content (AvgIpc) is 3.09. The number of halogens is 3. The quantitative estimate of drug-likeness (QED) is 0.857. The predicted octanol–water partition coefficient (Wildman–Crippen LogP) is 2.71. The Kier molecular flexibility index (Phi) is 3.68. The number of rotatable bonds is 4. The number of benzene rings is 1. The average molecular weight is 272 g/mol. The van der Waals surface area contributed by atoms with Crippen molar-refractivity contribution in [1.82, 2.24) is 4.90 Å². The van der Waals surface area contributed by atoms with Gasteiger partial charge in [0, 0.05) is 18.3 Å². The number of hydrogen-bond donors (Lipinski definition) is 1. The van der Waals surface area contributed by atoms with Crippen LogP contribution in [0.5, 0.6) is 0 Å². The van der Waals surface area contributed by atoms with Gasteiger partial charge >= 0.3 is 6.18 Å². The fraction of sp³-hybridized carbons (Fsp3) is 0.462. The van der Waals surface area contributed by atoms with Crippen LogP contribution in [0.2, 0.25) is 0 Å². The summed E-state index contributed by atoms with van der Waals surface area (Å²) in [6.45, 7) is 0.145. The molecule has 0 atom stereocenters. The maximum atomic E-state index is 12.3. The number of anilines is 1. The van der Waals surface area contributed by atoms with Crippen LogP contribution in [0, 0.1) is 0 Å². The Labute approximate surface area is 109 Å². The van der Waals surface area contributed by atoms with Crippen LogP contribution in [0.3, 0.4) is 0 Å². The van der Waals surface area contributed by atoms with E-state index < -0.39 is 18.5 Å². The molecule has 1 aromatic carbocycles. The molecule has 19 heavy (non-hydrogen) atoms. The molecule has 0 aliphatic heterocycles. The zero-order valence-electron chi connectivity index (χ0n) is 10.3. The van der Waals surface area contributed by atoms with Gasteiger partial charge in [-0.1, -0.05) is 18.2 Å². The Bertz CT molecular complexity index is 469. The Balaban J connectivity index is 2.09. The normalized spacial score (nSPS) is 15.3. The fourth-order valence-electron chi connectivity index (χ4n) is 1.94. The summed E-state index contributed by atoms with van der Waals surface area (Å²) in [5.41, 5.74) is 6.94. The van der Waals surface area contributed by atoms with E-state index in [9.17, 15) is 18.0 Å². The molecular weight excluding hydrogens is 257 g/mol. The molecule has 3 nitrogen and oxygen atoms in total. The van der Waals surface area contributed by atoms with E-state index in [1.807, 2.05) is 0 Å². The minimum absolute atomic E-state index is 0.0746. The number of alkyl halides is 3. The highest BCUT2D eigenvalue weighted by molar-refractivity contribution is 5.77. The zero-order chi connectivity index (χ0) is 14.0. The van der Waals surface area contributed by atoms with Gasteiger partial charge < -0.3 is 10.6 Å². The van der Waals surface area contributed by atoms with Gasteiger partial charge in [-0.15, -0.1) is 0 Å². The second-order valence-corrected chi connectivity index (χ2v) is 4.74. The highest BCUT2D eigenvalue weighted by atomic mass is 19.4. The maximum absolute atomic E-state index is 12.3. The van der Waals surface area contributed by atoms with Crippen LogP contribution in [0.15, 0.2) is 24.3 Å². The molecule has 0 saturated heterocycles. The molecule has 1 aliphatic carbocycles. The standard InChI is InChI=1S/C13H15F3N2O/c14-13(15,16)7-12(19)18(10-5-6-10)8-9-3-1-2-4-11(9)17/h1-4,10H,5-8,17H2. The van der Waals surface area contributed by atoms with Crippen molar-refractivity contribution in [3.8, 4) is 0 Å². The van der Waals surface area contributed by atoms with E-state index in [2.05, 4.69) is 0 Å². The maximum Gasteiger partial charge on any atom is 0.397 e. The lowest BCUT2D eigenvalue weighted by atomic mass is 10.1. The number of nitrogens with two attached hydrogens (primary N) is 1. The largest absolute Gasteiger partial charge is 0.398 e. The van der Waals surface area contributed by atoms with Crippen molar-refractivity contribution in [1.29, 1.82) is 0 Å². The van der Waals surface area contributed by atoms with E-state index >= 15 is 0 Å². The molecule has 2 N–H and O–H groups in total. The molecule has 0 bridgehead atoms. The molecule has 1 fully saturated rings. The topological polar surface area (TPSA) is 46.3 Å². The highest BCUT2D eigenvalue weighted by Gasteiger charge is 2.38. The lowest BCUT2D eigenvalue weighted by molar-refractivity contribution is -0.162. The first-order valence-corrected chi connectivity index (χ1v) is 6.06. The molecular formula is C13H15F3N2O. The number of carbonyl (C=O) groups is 1. The van der Waals surface area contributed by atoms with Crippen molar-refractivity contribution in [2.45, 2.75) is 38.0 Å². The number of carbonyl (C=O) groups excluding carboxylic acids is 1. The molecule has 0 aromatic heterocycles. The molecule has 0 heterocycles. The molecule has 6 heteroatoms. The van der Waals surface area contributed by atoms with Crippen LogP contribution in [-0.2, 0) is 11.3 Å². The van der Waals surface area contributed by atoms with Crippen molar-refractivity contribution < 1.29 is 18.0 Å². The number of nitrogen functional groups attached to an aromatic ring is 1. The van der Waals surface area contributed by atoms with Gasteiger partial charge in [0.15, 0.2) is 0 Å². The van der Waals surface area contributed by atoms with Crippen LogP contribution in [0.25, 0.3) is 0 Å². The first kappa shape index (κ1) is 13.7. The molecule has 0 radical (unpaired) electrons. The van der Waals surface area contributed by atoms with Gasteiger partial charge in [0.05, 0.1) is 0 Å². The Hall–Kier alpha value is -1.72. The second-order valence-electron chi connectivity index (χ2n) is 4.74. The van der Waals surface area contributed by atoms with Crippen LogP contribution in [0.4, 0.5) is 18.9 Å². The van der Waals surface area contributed by atoms with Gasteiger partial charge in [-0.3, -0.25) is 4.79 Å². The molecule has 1 saturated carbocycles. The van der Waals surface area contributed by atoms with E-state index in [4.69, 9.17) is 5.73 Å². The number of para-hydroxylation sites is 1. The Morgan fingerprint density at radius 3 is 2.47 bits per heavy atom. The summed E-state index contributed by atoms with van der Waals surface area (Å²) in [6, 6.07) is 6.83. The van der Waals surface area contributed by atoms with Crippen molar-refractivity contribution in [3.63, 3.8) is 0 Å². The lowest BCUT2D eigenvalue weighted by Gasteiger charge is -2.24. The van der Waals surface area contributed by atoms with Crippen molar-refractivity contribution >= 4 is 11.6 Å². The first-order chi connectivity index (χ1) is 8.87. The number of nitrogens with zero attached hydrogens (tertiary/aromatic N) is 1. The van der Waals surface area contributed by atoms with Crippen molar-refractivity contribution in [2.75, 3.05) is 5.73 Å². The smallest absolute Gasteiger partial charge is 0.397 e. The monoisotopic (exact) mass is 272 g/mol. The first-order valence-electron chi connectivity index (χ1n) is 6.06. The van der Waals surface area contributed by atoms with Gasteiger partial charge in [0.25, 0.3) is 0 Å². The summed E-state index contributed by atoms with van der Waals surface area (Å²) in [5.74, 6) is -0.877.